The van der Waals surface area contributed by atoms with E-state index < -0.39 is 21.8 Å². The zero-order chi connectivity index (χ0) is 19.6. The first kappa shape index (κ1) is 19.5. The first-order valence-electron chi connectivity index (χ1n) is 8.47. The van der Waals surface area contributed by atoms with Gasteiger partial charge < -0.3 is 9.15 Å². The average Bonchev–Trinajstić information content (AvgIpc) is 3.02. The van der Waals surface area contributed by atoms with Crippen LogP contribution in [-0.4, -0.2) is 56.9 Å². The number of halogens is 1. The van der Waals surface area contributed by atoms with Crippen LogP contribution in [0.15, 0.2) is 39.6 Å². The van der Waals surface area contributed by atoms with Gasteiger partial charge in [0.2, 0.25) is 10.0 Å². The number of carbonyl (C=O) groups excluding carboxylic acids is 1. The zero-order valence-electron chi connectivity index (χ0n) is 15.1. The molecule has 1 aromatic heterocycles. The highest BCUT2D eigenvalue weighted by Gasteiger charge is 2.29. The third kappa shape index (κ3) is 4.20. The van der Waals surface area contributed by atoms with Gasteiger partial charge in [-0.1, -0.05) is 0 Å². The molecule has 1 aliphatic heterocycles. The van der Waals surface area contributed by atoms with Gasteiger partial charge in [0.1, 0.15) is 22.9 Å². The molecule has 0 saturated carbocycles. The maximum atomic E-state index is 13.0. The molecule has 0 radical (unpaired) electrons. The Hall–Kier alpha value is -2.23. The molecular formula is C18H21FN2O5S. The Morgan fingerprint density at radius 2 is 1.81 bits per heavy atom. The second kappa shape index (κ2) is 7.79. The van der Waals surface area contributed by atoms with E-state index >= 15 is 0 Å². The van der Waals surface area contributed by atoms with Crippen molar-refractivity contribution in [2.24, 2.45) is 0 Å². The molecule has 0 atom stereocenters. The largest absolute Gasteiger partial charge is 0.465 e. The standard InChI is InChI=1S/C18H21FN2O5S/c1-13-17(18(22)25-2)11-15(26-13)12-20-7-9-21(10-8-20)27(23,24)16-5-3-14(19)4-6-16/h3-6,11H,7-10,12H2,1-2H3. The van der Waals surface area contributed by atoms with Crippen LogP contribution in [-0.2, 0) is 21.3 Å². The Bertz CT molecular complexity index is 916. The molecule has 1 fully saturated rings. The maximum absolute atomic E-state index is 13.0. The Labute approximate surface area is 157 Å². The topological polar surface area (TPSA) is 80.1 Å². The minimum atomic E-state index is -3.64. The summed E-state index contributed by atoms with van der Waals surface area (Å²) in [6.45, 7) is 3.86. The van der Waals surface area contributed by atoms with Gasteiger partial charge in [-0.2, -0.15) is 4.31 Å². The molecule has 146 valence electrons. The normalized spacial score (nSPS) is 16.4. The molecule has 0 spiro atoms. The third-order valence-electron chi connectivity index (χ3n) is 4.54. The van der Waals surface area contributed by atoms with Crippen molar-refractivity contribution in [3.63, 3.8) is 0 Å². The van der Waals surface area contributed by atoms with Crippen molar-refractivity contribution in [1.82, 2.24) is 9.21 Å². The number of ether oxygens (including phenoxy) is 1. The third-order valence-corrected chi connectivity index (χ3v) is 6.45. The predicted octanol–water partition coefficient (Wildman–Crippen LogP) is 2.02. The van der Waals surface area contributed by atoms with Crippen molar-refractivity contribution in [2.45, 2.75) is 18.4 Å². The quantitative estimate of drug-likeness (QED) is 0.720. The number of carbonyl (C=O) groups is 1. The summed E-state index contributed by atoms with van der Waals surface area (Å²) in [5.74, 6) is 0.202. The molecule has 27 heavy (non-hydrogen) atoms. The lowest BCUT2D eigenvalue weighted by Crippen LogP contribution is -2.48. The van der Waals surface area contributed by atoms with Crippen LogP contribution in [0.2, 0.25) is 0 Å². The summed E-state index contributed by atoms with van der Waals surface area (Å²) in [7, 11) is -2.32. The van der Waals surface area contributed by atoms with Gasteiger partial charge in [-0.3, -0.25) is 4.90 Å². The van der Waals surface area contributed by atoms with Gasteiger partial charge in [0.15, 0.2) is 0 Å². The number of furan rings is 1. The molecule has 0 bridgehead atoms. The van der Waals surface area contributed by atoms with E-state index in [4.69, 9.17) is 9.15 Å². The number of rotatable bonds is 5. The van der Waals surface area contributed by atoms with Gasteiger partial charge in [-0.25, -0.2) is 17.6 Å². The SMILES string of the molecule is COC(=O)c1cc(CN2CCN(S(=O)(=O)c3ccc(F)cc3)CC2)oc1C. The van der Waals surface area contributed by atoms with E-state index in [2.05, 4.69) is 4.90 Å². The molecule has 1 aliphatic rings. The summed E-state index contributed by atoms with van der Waals surface area (Å²) in [4.78, 5) is 13.8. The maximum Gasteiger partial charge on any atom is 0.341 e. The van der Waals surface area contributed by atoms with Gasteiger partial charge in [0.25, 0.3) is 0 Å². The highest BCUT2D eigenvalue weighted by molar-refractivity contribution is 7.89. The van der Waals surface area contributed by atoms with Crippen LogP contribution in [0.3, 0.4) is 0 Å². The second-order valence-corrected chi connectivity index (χ2v) is 8.25. The van der Waals surface area contributed by atoms with Crippen molar-refractivity contribution in [3.8, 4) is 0 Å². The Balaban J connectivity index is 1.62. The second-order valence-electron chi connectivity index (χ2n) is 6.31. The molecule has 1 aromatic carbocycles. The first-order chi connectivity index (χ1) is 12.8. The van der Waals surface area contributed by atoms with Crippen LogP contribution in [0.25, 0.3) is 0 Å². The number of aryl methyl sites for hydroxylation is 1. The predicted molar refractivity (Wildman–Crippen MR) is 95.2 cm³/mol. The van der Waals surface area contributed by atoms with Gasteiger partial charge >= 0.3 is 5.97 Å². The van der Waals surface area contributed by atoms with E-state index in [1.54, 1.807) is 13.0 Å². The molecule has 0 unspecified atom stereocenters. The van der Waals surface area contributed by atoms with Crippen LogP contribution >= 0.6 is 0 Å². The van der Waals surface area contributed by atoms with E-state index in [9.17, 15) is 17.6 Å². The smallest absolute Gasteiger partial charge is 0.341 e. The van der Waals surface area contributed by atoms with Gasteiger partial charge in [0.05, 0.1) is 18.6 Å². The summed E-state index contributed by atoms with van der Waals surface area (Å²) in [6, 6.07) is 6.49. The van der Waals surface area contributed by atoms with Gasteiger partial charge in [-0.15, -0.1) is 0 Å². The lowest BCUT2D eigenvalue weighted by atomic mass is 10.2. The molecule has 0 aliphatic carbocycles. The van der Waals surface area contributed by atoms with E-state index in [0.29, 0.717) is 49.8 Å². The first-order valence-corrected chi connectivity index (χ1v) is 9.91. The molecule has 1 saturated heterocycles. The highest BCUT2D eigenvalue weighted by Crippen LogP contribution is 2.21. The fourth-order valence-electron chi connectivity index (χ4n) is 3.04. The number of piperazine rings is 1. The average molecular weight is 396 g/mol. The molecule has 9 heteroatoms. The zero-order valence-corrected chi connectivity index (χ0v) is 16.0. The van der Waals surface area contributed by atoms with Crippen LogP contribution in [0, 0.1) is 12.7 Å². The molecular weight excluding hydrogens is 375 g/mol. The minimum Gasteiger partial charge on any atom is -0.465 e. The Morgan fingerprint density at radius 3 is 2.41 bits per heavy atom. The van der Waals surface area contributed by atoms with E-state index in [1.165, 1.54) is 23.5 Å². The molecule has 0 amide bonds. The van der Waals surface area contributed by atoms with E-state index in [1.807, 2.05) is 0 Å². The summed E-state index contributed by atoms with van der Waals surface area (Å²) in [5.41, 5.74) is 0.394. The number of nitrogens with zero attached hydrogens (tertiary/aromatic N) is 2. The Morgan fingerprint density at radius 1 is 1.19 bits per heavy atom. The Kier molecular flexibility index (Phi) is 5.64. The monoisotopic (exact) mass is 396 g/mol. The number of hydrogen-bond donors (Lipinski definition) is 0. The van der Waals surface area contributed by atoms with Crippen LogP contribution in [0.4, 0.5) is 4.39 Å². The number of sulfonamides is 1. The molecule has 2 aromatic rings. The lowest BCUT2D eigenvalue weighted by Gasteiger charge is -2.33. The van der Waals surface area contributed by atoms with E-state index in [0.717, 1.165) is 12.1 Å². The number of hydrogen-bond acceptors (Lipinski definition) is 6. The van der Waals surface area contributed by atoms with Crippen molar-refractivity contribution in [1.29, 1.82) is 0 Å². The van der Waals surface area contributed by atoms with Crippen molar-refractivity contribution < 1.29 is 26.8 Å². The van der Waals surface area contributed by atoms with Crippen molar-refractivity contribution >= 4 is 16.0 Å². The van der Waals surface area contributed by atoms with Crippen molar-refractivity contribution in [2.75, 3.05) is 33.3 Å². The molecule has 0 N–H and O–H groups in total. The van der Waals surface area contributed by atoms with E-state index in [-0.39, 0.29) is 4.90 Å². The summed E-state index contributed by atoms with van der Waals surface area (Å²) < 4.78 is 50.0. The summed E-state index contributed by atoms with van der Waals surface area (Å²) >= 11 is 0. The summed E-state index contributed by atoms with van der Waals surface area (Å²) in [6.07, 6.45) is 0. The fraction of sp³-hybridized carbons (Fsp3) is 0.389. The molecule has 3 rings (SSSR count). The van der Waals surface area contributed by atoms with Crippen molar-refractivity contribution in [3.05, 3.63) is 53.2 Å². The number of methoxy groups -OCH3 is 1. The molecule has 7 nitrogen and oxygen atoms in total. The van der Waals surface area contributed by atoms with Gasteiger partial charge in [0, 0.05) is 26.2 Å². The number of benzene rings is 1. The van der Waals surface area contributed by atoms with Crippen LogP contribution < -0.4 is 0 Å². The number of esters is 1. The minimum absolute atomic E-state index is 0.0849. The fourth-order valence-corrected chi connectivity index (χ4v) is 4.46. The van der Waals surface area contributed by atoms with Gasteiger partial charge in [-0.05, 0) is 37.3 Å². The van der Waals surface area contributed by atoms with Crippen LogP contribution in [0.5, 0.6) is 0 Å². The molecule has 2 heterocycles. The lowest BCUT2D eigenvalue weighted by molar-refractivity contribution is 0.0598. The highest BCUT2D eigenvalue weighted by atomic mass is 32.2. The van der Waals surface area contributed by atoms with Crippen LogP contribution in [0.1, 0.15) is 21.9 Å². The summed E-state index contributed by atoms with van der Waals surface area (Å²) in [5, 5.41) is 0.